The first-order valence-electron chi connectivity index (χ1n) is 10.7. The minimum atomic E-state index is -0.480. The molecule has 0 aliphatic rings. The molecule has 0 saturated heterocycles. The summed E-state index contributed by atoms with van der Waals surface area (Å²) in [6.45, 7) is 1.98. The summed E-state index contributed by atoms with van der Waals surface area (Å²) in [5, 5.41) is 14.3. The smallest absolute Gasteiger partial charge is 0.341 e. The largest absolute Gasteiger partial charge is 0.497 e. The summed E-state index contributed by atoms with van der Waals surface area (Å²) < 4.78 is 13.6. The van der Waals surface area contributed by atoms with Crippen molar-refractivity contribution in [1.82, 2.24) is 14.6 Å². The highest BCUT2D eigenvalue weighted by Crippen LogP contribution is 2.37. The number of thiophene rings is 1. The molecule has 3 aromatic heterocycles. The fourth-order valence-corrected chi connectivity index (χ4v) is 6.32. The van der Waals surface area contributed by atoms with Crippen molar-refractivity contribution in [3.63, 3.8) is 0 Å². The summed E-state index contributed by atoms with van der Waals surface area (Å²) in [4.78, 5) is 26.4. The monoisotopic (exact) mass is 524 g/mol. The summed E-state index contributed by atoms with van der Waals surface area (Å²) in [5.41, 5.74) is 2.87. The zero-order chi connectivity index (χ0) is 24.4. The van der Waals surface area contributed by atoms with E-state index in [0.29, 0.717) is 27.0 Å². The fourth-order valence-electron chi connectivity index (χ4n) is 3.58. The van der Waals surface area contributed by atoms with Crippen molar-refractivity contribution in [2.75, 3.05) is 24.8 Å². The number of hydrogen-bond donors (Lipinski definition) is 1. The van der Waals surface area contributed by atoms with Gasteiger partial charge in [0.2, 0.25) is 10.9 Å². The Morgan fingerprint density at radius 2 is 1.91 bits per heavy atom. The first-order valence-corrected chi connectivity index (χ1v) is 13.4. The van der Waals surface area contributed by atoms with Crippen molar-refractivity contribution < 1.29 is 19.1 Å². The van der Waals surface area contributed by atoms with Gasteiger partial charge in [0.15, 0.2) is 5.16 Å². The molecule has 35 heavy (non-hydrogen) atoms. The van der Waals surface area contributed by atoms with Gasteiger partial charge >= 0.3 is 5.97 Å². The van der Waals surface area contributed by atoms with E-state index in [1.165, 1.54) is 23.1 Å². The molecule has 3 heterocycles. The first-order chi connectivity index (χ1) is 17.1. The van der Waals surface area contributed by atoms with Crippen LogP contribution in [0.2, 0.25) is 0 Å². The second-order valence-electron chi connectivity index (χ2n) is 7.31. The van der Waals surface area contributed by atoms with Crippen LogP contribution >= 0.6 is 34.4 Å². The molecule has 0 unspecified atom stereocenters. The average Bonchev–Trinajstić information content (AvgIpc) is 3.57. The van der Waals surface area contributed by atoms with Crippen molar-refractivity contribution in [3.05, 3.63) is 59.5 Å². The molecule has 1 N–H and O–H groups in total. The molecule has 5 rings (SSSR count). The van der Waals surface area contributed by atoms with E-state index in [1.54, 1.807) is 25.4 Å². The fraction of sp³-hybridized carbons (Fsp3) is 0.167. The van der Waals surface area contributed by atoms with Gasteiger partial charge in [0.1, 0.15) is 16.3 Å². The molecule has 0 aliphatic carbocycles. The zero-order valence-corrected chi connectivity index (χ0v) is 21.3. The van der Waals surface area contributed by atoms with E-state index in [1.807, 2.05) is 58.3 Å². The van der Waals surface area contributed by atoms with Crippen molar-refractivity contribution >= 4 is 66.5 Å². The number of ether oxygens (including phenoxy) is 2. The standard InChI is InChI=1S/C24H20N4O4S3/c1-3-32-22(30)20-16(14-8-10-15(31-2)11-9-14)12-33-21(20)25-19(29)13-34-23-26-27-24-28(23)17-6-4-5-7-18(17)35-24/h4-12H,3,13H2,1-2H3,(H,25,29). The minimum Gasteiger partial charge on any atom is -0.497 e. The van der Waals surface area contributed by atoms with Gasteiger partial charge in [-0.05, 0) is 36.8 Å². The third-order valence-corrected chi connectivity index (χ3v) is 8.00. The second kappa shape index (κ2) is 10.1. The molecular weight excluding hydrogens is 504 g/mol. The SMILES string of the molecule is CCOC(=O)c1c(-c2ccc(OC)cc2)csc1NC(=O)CSc1nnc2sc3ccccc3n12. The van der Waals surface area contributed by atoms with Crippen molar-refractivity contribution in [1.29, 1.82) is 0 Å². The van der Waals surface area contributed by atoms with Gasteiger partial charge in [0, 0.05) is 10.9 Å². The number of carbonyl (C=O) groups is 2. The predicted molar refractivity (Wildman–Crippen MR) is 140 cm³/mol. The van der Waals surface area contributed by atoms with Gasteiger partial charge in [-0.2, -0.15) is 0 Å². The first kappa shape index (κ1) is 23.3. The van der Waals surface area contributed by atoms with Gasteiger partial charge in [0.25, 0.3) is 0 Å². The van der Waals surface area contributed by atoms with Crippen LogP contribution in [0.15, 0.2) is 59.1 Å². The lowest BCUT2D eigenvalue weighted by molar-refractivity contribution is -0.113. The molecule has 0 radical (unpaired) electrons. The third kappa shape index (κ3) is 4.62. The van der Waals surface area contributed by atoms with Gasteiger partial charge in [0.05, 0.1) is 29.7 Å². The van der Waals surface area contributed by atoms with E-state index in [2.05, 4.69) is 15.5 Å². The number of aromatic nitrogens is 3. The van der Waals surface area contributed by atoms with Crippen LogP contribution in [-0.2, 0) is 9.53 Å². The maximum atomic E-state index is 12.9. The average molecular weight is 525 g/mol. The summed E-state index contributed by atoms with van der Waals surface area (Å²) in [6.07, 6.45) is 0. The second-order valence-corrected chi connectivity index (χ2v) is 10.1. The summed E-state index contributed by atoms with van der Waals surface area (Å²) in [7, 11) is 1.60. The van der Waals surface area contributed by atoms with Gasteiger partial charge in [-0.1, -0.05) is 47.4 Å². The number of rotatable bonds is 8. The number of methoxy groups -OCH3 is 1. The molecule has 0 fully saturated rings. The Kier molecular flexibility index (Phi) is 6.71. The number of fused-ring (bicyclic) bond motifs is 3. The minimum absolute atomic E-state index is 0.114. The summed E-state index contributed by atoms with van der Waals surface area (Å²) >= 11 is 4.13. The molecule has 0 saturated carbocycles. The molecule has 0 spiro atoms. The highest BCUT2D eigenvalue weighted by molar-refractivity contribution is 7.99. The number of carbonyl (C=O) groups excluding carboxylic acids is 2. The van der Waals surface area contributed by atoms with Gasteiger partial charge in [-0.3, -0.25) is 9.20 Å². The molecule has 2 aromatic carbocycles. The van der Waals surface area contributed by atoms with E-state index in [-0.39, 0.29) is 18.3 Å². The maximum Gasteiger partial charge on any atom is 0.341 e. The Labute approximate surface area is 212 Å². The lowest BCUT2D eigenvalue weighted by Gasteiger charge is -2.09. The molecule has 0 atom stereocenters. The highest BCUT2D eigenvalue weighted by atomic mass is 32.2. The van der Waals surface area contributed by atoms with Crippen LogP contribution in [0.5, 0.6) is 5.75 Å². The van der Waals surface area contributed by atoms with E-state index in [9.17, 15) is 9.59 Å². The predicted octanol–water partition coefficient (Wildman–Crippen LogP) is 5.59. The number of anilines is 1. The Hall–Kier alpha value is -3.41. The van der Waals surface area contributed by atoms with E-state index < -0.39 is 5.97 Å². The van der Waals surface area contributed by atoms with Crippen LogP contribution in [0.3, 0.4) is 0 Å². The number of para-hydroxylation sites is 1. The molecule has 0 aliphatic heterocycles. The van der Waals surface area contributed by atoms with Crippen LogP contribution < -0.4 is 10.1 Å². The third-order valence-electron chi connectivity index (χ3n) is 5.17. The van der Waals surface area contributed by atoms with Gasteiger partial charge < -0.3 is 14.8 Å². The highest BCUT2D eigenvalue weighted by Gasteiger charge is 2.23. The molecule has 5 aromatic rings. The van der Waals surface area contributed by atoms with Gasteiger partial charge in [-0.15, -0.1) is 21.5 Å². The number of amides is 1. The Bertz CT molecular complexity index is 1520. The number of thiazole rings is 1. The van der Waals surface area contributed by atoms with Crippen LogP contribution in [0.4, 0.5) is 5.00 Å². The molecule has 0 bridgehead atoms. The number of nitrogens with zero attached hydrogens (tertiary/aromatic N) is 3. The summed E-state index contributed by atoms with van der Waals surface area (Å²) in [5.74, 6) is 0.0998. The van der Waals surface area contributed by atoms with E-state index >= 15 is 0 Å². The molecule has 178 valence electrons. The van der Waals surface area contributed by atoms with E-state index in [4.69, 9.17) is 9.47 Å². The van der Waals surface area contributed by atoms with Crippen molar-refractivity contribution in [3.8, 4) is 16.9 Å². The Morgan fingerprint density at radius 3 is 2.69 bits per heavy atom. The Balaban J connectivity index is 1.36. The number of hydrogen-bond acceptors (Lipinski definition) is 9. The lowest BCUT2D eigenvalue weighted by Crippen LogP contribution is -2.16. The van der Waals surface area contributed by atoms with Crippen molar-refractivity contribution in [2.45, 2.75) is 12.1 Å². The van der Waals surface area contributed by atoms with Crippen LogP contribution in [0.1, 0.15) is 17.3 Å². The number of esters is 1. The van der Waals surface area contributed by atoms with Crippen molar-refractivity contribution in [2.24, 2.45) is 0 Å². The molecule has 11 heteroatoms. The van der Waals surface area contributed by atoms with Crippen LogP contribution in [0, 0.1) is 0 Å². The van der Waals surface area contributed by atoms with E-state index in [0.717, 1.165) is 20.7 Å². The van der Waals surface area contributed by atoms with Crippen LogP contribution in [0.25, 0.3) is 26.3 Å². The molecule has 1 amide bonds. The Morgan fingerprint density at radius 1 is 1.11 bits per heavy atom. The molecule has 8 nitrogen and oxygen atoms in total. The number of benzene rings is 2. The zero-order valence-electron chi connectivity index (χ0n) is 18.8. The lowest BCUT2D eigenvalue weighted by atomic mass is 10.0. The van der Waals surface area contributed by atoms with Gasteiger partial charge in [-0.25, -0.2) is 4.79 Å². The number of thioether (sulfide) groups is 1. The number of nitrogens with one attached hydrogen (secondary N) is 1. The van der Waals surface area contributed by atoms with Crippen LogP contribution in [-0.4, -0.2) is 45.9 Å². The maximum absolute atomic E-state index is 12.9. The molecular formula is C24H20N4O4S3. The topological polar surface area (TPSA) is 94.8 Å². The normalized spacial score (nSPS) is 11.1. The quantitative estimate of drug-likeness (QED) is 0.209. The summed E-state index contributed by atoms with van der Waals surface area (Å²) in [6, 6.07) is 15.4.